The molecule has 1 aliphatic heterocycles. The van der Waals surface area contributed by atoms with Gasteiger partial charge in [-0.15, -0.1) is 0 Å². The average Bonchev–Trinajstić information content (AvgIpc) is 2.67. The first-order chi connectivity index (χ1) is 12.2. The summed E-state index contributed by atoms with van der Waals surface area (Å²) in [4.78, 5) is 4.83. The monoisotopic (exact) mass is 334 g/mol. The summed E-state index contributed by atoms with van der Waals surface area (Å²) in [6.07, 6.45) is 0. The number of likely N-dealkylation sites (N-methyl/N-ethyl adjacent to an activating group) is 1. The van der Waals surface area contributed by atoms with Crippen LogP contribution < -0.4 is 10.2 Å². The Morgan fingerprint density at radius 2 is 1.64 bits per heavy atom. The van der Waals surface area contributed by atoms with Gasteiger partial charge in [0.05, 0.1) is 11.6 Å². The predicted molar refractivity (Wildman–Crippen MR) is 103 cm³/mol. The highest BCUT2D eigenvalue weighted by Gasteiger charge is 2.14. The van der Waals surface area contributed by atoms with E-state index in [0.717, 1.165) is 32.7 Å². The van der Waals surface area contributed by atoms with Crippen LogP contribution in [-0.4, -0.2) is 38.1 Å². The van der Waals surface area contributed by atoms with Gasteiger partial charge in [-0.1, -0.05) is 24.3 Å². The lowest BCUT2D eigenvalue weighted by molar-refractivity contribution is 0.313. The van der Waals surface area contributed by atoms with Crippen molar-refractivity contribution in [2.45, 2.75) is 19.5 Å². The van der Waals surface area contributed by atoms with E-state index in [1.807, 2.05) is 24.3 Å². The van der Waals surface area contributed by atoms with Crippen LogP contribution in [0.2, 0.25) is 0 Å². The molecule has 2 aromatic rings. The zero-order chi connectivity index (χ0) is 17.6. The molecule has 1 aliphatic rings. The van der Waals surface area contributed by atoms with E-state index in [1.54, 1.807) is 0 Å². The van der Waals surface area contributed by atoms with Crippen LogP contribution >= 0.6 is 0 Å². The van der Waals surface area contributed by atoms with Crippen molar-refractivity contribution in [1.29, 1.82) is 5.26 Å². The number of rotatable bonds is 5. The molecule has 0 radical (unpaired) electrons. The topological polar surface area (TPSA) is 42.3 Å². The molecule has 1 atom stereocenters. The number of nitrogens with zero attached hydrogens (tertiary/aromatic N) is 3. The number of nitrogens with one attached hydrogen (secondary N) is 1. The Morgan fingerprint density at radius 3 is 2.24 bits per heavy atom. The maximum atomic E-state index is 8.85. The Kier molecular flexibility index (Phi) is 5.70. The van der Waals surface area contributed by atoms with E-state index in [9.17, 15) is 0 Å². The molecule has 0 bridgehead atoms. The van der Waals surface area contributed by atoms with Crippen molar-refractivity contribution >= 4 is 5.69 Å². The lowest BCUT2D eigenvalue weighted by atomic mass is 10.1. The SMILES string of the molecule is C[C@H](NCc1ccc(C#N)cc1)c1ccc(N2CCN(C)CC2)cc1. The van der Waals surface area contributed by atoms with Crippen molar-refractivity contribution in [1.82, 2.24) is 10.2 Å². The van der Waals surface area contributed by atoms with Gasteiger partial charge in [-0.2, -0.15) is 5.26 Å². The summed E-state index contributed by atoms with van der Waals surface area (Å²) in [6.45, 7) is 7.45. The van der Waals surface area contributed by atoms with Crippen molar-refractivity contribution < 1.29 is 0 Å². The summed E-state index contributed by atoms with van der Waals surface area (Å²) in [5.74, 6) is 0. The molecule has 1 N–H and O–H groups in total. The number of anilines is 1. The zero-order valence-electron chi connectivity index (χ0n) is 15.1. The summed E-state index contributed by atoms with van der Waals surface area (Å²) in [6, 6.07) is 19.1. The maximum absolute atomic E-state index is 8.85. The molecule has 0 aromatic heterocycles. The highest BCUT2D eigenvalue weighted by molar-refractivity contribution is 5.48. The number of hydrogen-bond acceptors (Lipinski definition) is 4. The van der Waals surface area contributed by atoms with E-state index >= 15 is 0 Å². The third-order valence-corrected chi connectivity index (χ3v) is 4.96. The van der Waals surface area contributed by atoms with Gasteiger partial charge in [0.15, 0.2) is 0 Å². The van der Waals surface area contributed by atoms with E-state index in [4.69, 9.17) is 5.26 Å². The van der Waals surface area contributed by atoms with Crippen LogP contribution in [0, 0.1) is 11.3 Å². The van der Waals surface area contributed by atoms with Gasteiger partial charge in [-0.3, -0.25) is 0 Å². The maximum Gasteiger partial charge on any atom is 0.0991 e. The van der Waals surface area contributed by atoms with Crippen LogP contribution in [0.25, 0.3) is 0 Å². The third kappa shape index (κ3) is 4.60. The van der Waals surface area contributed by atoms with E-state index < -0.39 is 0 Å². The number of hydrogen-bond donors (Lipinski definition) is 1. The van der Waals surface area contributed by atoms with Gasteiger partial charge in [-0.25, -0.2) is 0 Å². The summed E-state index contributed by atoms with van der Waals surface area (Å²) in [5, 5.41) is 12.4. The Balaban J connectivity index is 1.55. The first kappa shape index (κ1) is 17.5. The minimum Gasteiger partial charge on any atom is -0.369 e. The van der Waals surface area contributed by atoms with Gasteiger partial charge in [0.2, 0.25) is 0 Å². The predicted octanol–water partition coefficient (Wildman–Crippen LogP) is 3.16. The van der Waals surface area contributed by atoms with Gasteiger partial charge >= 0.3 is 0 Å². The van der Waals surface area contributed by atoms with Crippen LogP contribution in [-0.2, 0) is 6.54 Å². The highest BCUT2D eigenvalue weighted by atomic mass is 15.2. The normalized spacial score (nSPS) is 16.4. The van der Waals surface area contributed by atoms with Gasteiger partial charge in [0.25, 0.3) is 0 Å². The molecule has 0 amide bonds. The van der Waals surface area contributed by atoms with Crippen LogP contribution in [0.4, 0.5) is 5.69 Å². The van der Waals surface area contributed by atoms with Crippen LogP contribution in [0.1, 0.15) is 29.7 Å². The molecular weight excluding hydrogens is 308 g/mol. The van der Waals surface area contributed by atoms with Crippen molar-refractivity contribution in [2.24, 2.45) is 0 Å². The molecule has 4 heteroatoms. The molecule has 4 nitrogen and oxygen atoms in total. The molecule has 2 aromatic carbocycles. The van der Waals surface area contributed by atoms with E-state index in [0.29, 0.717) is 5.56 Å². The van der Waals surface area contributed by atoms with Gasteiger partial charge in [-0.05, 0) is 49.4 Å². The van der Waals surface area contributed by atoms with Crippen molar-refractivity contribution in [3.05, 3.63) is 65.2 Å². The fourth-order valence-corrected chi connectivity index (χ4v) is 3.12. The van der Waals surface area contributed by atoms with Crippen LogP contribution in [0.5, 0.6) is 0 Å². The molecule has 0 unspecified atom stereocenters. The standard InChI is InChI=1S/C21H26N4/c1-17(23-16-19-5-3-18(15-22)4-6-19)20-7-9-21(10-8-20)25-13-11-24(2)12-14-25/h3-10,17,23H,11-14,16H2,1-2H3/t17-/m0/s1. The molecule has 1 saturated heterocycles. The summed E-state index contributed by atoms with van der Waals surface area (Å²) < 4.78 is 0. The number of benzene rings is 2. The Bertz CT molecular complexity index is 707. The van der Waals surface area contributed by atoms with Crippen molar-refractivity contribution in [2.75, 3.05) is 38.1 Å². The lowest BCUT2D eigenvalue weighted by Crippen LogP contribution is -2.44. The molecule has 130 valence electrons. The Hall–Kier alpha value is -2.35. The molecule has 1 fully saturated rings. The smallest absolute Gasteiger partial charge is 0.0991 e. The Labute approximate surface area is 150 Å². The largest absolute Gasteiger partial charge is 0.369 e. The van der Waals surface area contributed by atoms with Crippen LogP contribution in [0.15, 0.2) is 48.5 Å². The zero-order valence-corrected chi connectivity index (χ0v) is 15.1. The highest BCUT2D eigenvalue weighted by Crippen LogP contribution is 2.20. The van der Waals surface area contributed by atoms with Crippen molar-refractivity contribution in [3.63, 3.8) is 0 Å². The second-order valence-corrected chi connectivity index (χ2v) is 6.79. The molecule has 0 spiro atoms. The first-order valence-electron chi connectivity index (χ1n) is 8.91. The third-order valence-electron chi connectivity index (χ3n) is 4.96. The fourth-order valence-electron chi connectivity index (χ4n) is 3.12. The summed E-state index contributed by atoms with van der Waals surface area (Å²) >= 11 is 0. The van der Waals surface area contributed by atoms with Gasteiger partial charge < -0.3 is 15.1 Å². The van der Waals surface area contributed by atoms with E-state index in [2.05, 4.69) is 59.4 Å². The quantitative estimate of drug-likeness (QED) is 0.912. The summed E-state index contributed by atoms with van der Waals surface area (Å²) in [7, 11) is 2.18. The lowest BCUT2D eigenvalue weighted by Gasteiger charge is -2.34. The van der Waals surface area contributed by atoms with Gasteiger partial charge in [0, 0.05) is 44.5 Å². The second kappa shape index (κ2) is 8.15. The second-order valence-electron chi connectivity index (χ2n) is 6.79. The van der Waals surface area contributed by atoms with Crippen molar-refractivity contribution in [3.8, 4) is 6.07 Å². The molecule has 0 aliphatic carbocycles. The van der Waals surface area contributed by atoms with E-state index in [1.165, 1.54) is 16.8 Å². The van der Waals surface area contributed by atoms with Gasteiger partial charge in [0.1, 0.15) is 0 Å². The number of piperazine rings is 1. The fraction of sp³-hybridized carbons (Fsp3) is 0.381. The Morgan fingerprint density at radius 1 is 1.00 bits per heavy atom. The molecule has 3 rings (SSSR count). The molecule has 0 saturated carbocycles. The summed E-state index contributed by atoms with van der Waals surface area (Å²) in [5.41, 5.74) is 4.51. The number of nitriles is 1. The molecule has 1 heterocycles. The van der Waals surface area contributed by atoms with E-state index in [-0.39, 0.29) is 6.04 Å². The van der Waals surface area contributed by atoms with Crippen LogP contribution in [0.3, 0.4) is 0 Å². The molecule has 25 heavy (non-hydrogen) atoms. The average molecular weight is 334 g/mol. The minimum atomic E-state index is 0.289. The minimum absolute atomic E-state index is 0.289. The molecular formula is C21H26N4. The first-order valence-corrected chi connectivity index (χ1v) is 8.91.